The molecule has 2 saturated carbocycles. The molecule has 2 rings (SSSR count). The minimum atomic E-state index is -0.510. The lowest BCUT2D eigenvalue weighted by Crippen LogP contribution is -2.53. The first-order chi connectivity index (χ1) is 8.47. The zero-order valence-corrected chi connectivity index (χ0v) is 12.3. The van der Waals surface area contributed by atoms with Crippen molar-refractivity contribution in [2.75, 3.05) is 0 Å². The van der Waals surface area contributed by atoms with E-state index in [4.69, 9.17) is 0 Å². The van der Waals surface area contributed by atoms with Crippen molar-refractivity contribution in [3.8, 4) is 0 Å². The molecule has 0 amide bonds. The lowest BCUT2D eigenvalue weighted by atomic mass is 9.55. The molecule has 0 saturated heterocycles. The zero-order valence-electron chi connectivity index (χ0n) is 12.3. The topological polar surface area (TPSA) is 40.5 Å². The van der Waals surface area contributed by atoms with Crippen LogP contribution in [0.5, 0.6) is 0 Å². The van der Waals surface area contributed by atoms with Gasteiger partial charge in [-0.1, -0.05) is 40.5 Å². The van der Waals surface area contributed by atoms with Crippen LogP contribution in [-0.2, 0) is 0 Å². The van der Waals surface area contributed by atoms with Gasteiger partial charge in [0.2, 0.25) is 0 Å². The number of hydrogen-bond donors (Lipinski definition) is 2. The highest BCUT2D eigenvalue weighted by Gasteiger charge is 2.49. The normalized spacial score (nSPS) is 50.7. The molecular weight excluding hydrogens is 224 g/mol. The Morgan fingerprint density at radius 3 is 2.33 bits per heavy atom. The third-order valence-electron chi connectivity index (χ3n) is 6.00. The molecule has 106 valence electrons. The molecule has 2 fully saturated rings. The fraction of sp³-hybridized carbons (Fsp3) is 1.00. The maximum Gasteiger partial charge on any atom is 0.0835 e. The van der Waals surface area contributed by atoms with Gasteiger partial charge in [-0.05, 0) is 48.3 Å². The molecule has 2 aliphatic rings. The smallest absolute Gasteiger partial charge is 0.0835 e. The summed E-state index contributed by atoms with van der Waals surface area (Å²) in [5.41, 5.74) is 0. The molecule has 0 aliphatic heterocycles. The first-order valence-corrected chi connectivity index (χ1v) is 7.83. The first kappa shape index (κ1) is 14.3. The Morgan fingerprint density at radius 1 is 1.06 bits per heavy atom. The van der Waals surface area contributed by atoms with E-state index in [2.05, 4.69) is 27.7 Å². The fourth-order valence-corrected chi connectivity index (χ4v) is 4.63. The Kier molecular flexibility index (Phi) is 4.38. The predicted octanol–water partition coefficient (Wildman–Crippen LogP) is 3.07. The van der Waals surface area contributed by atoms with Crippen molar-refractivity contribution < 1.29 is 10.2 Å². The molecule has 0 heterocycles. The van der Waals surface area contributed by atoms with Crippen LogP contribution in [0.15, 0.2) is 0 Å². The third-order valence-corrected chi connectivity index (χ3v) is 6.00. The number of aliphatic hydroxyl groups excluding tert-OH is 2. The van der Waals surface area contributed by atoms with Gasteiger partial charge in [-0.25, -0.2) is 0 Å². The Hall–Kier alpha value is -0.0800. The summed E-state index contributed by atoms with van der Waals surface area (Å²) in [7, 11) is 0. The lowest BCUT2D eigenvalue weighted by molar-refractivity contribution is -0.139. The molecule has 2 heteroatoms. The summed E-state index contributed by atoms with van der Waals surface area (Å²) >= 11 is 0. The molecule has 0 aromatic rings. The van der Waals surface area contributed by atoms with Crippen molar-refractivity contribution in [3.63, 3.8) is 0 Å². The summed E-state index contributed by atoms with van der Waals surface area (Å²) < 4.78 is 0. The van der Waals surface area contributed by atoms with Gasteiger partial charge in [0.1, 0.15) is 0 Å². The molecule has 2 N–H and O–H groups in total. The fourth-order valence-electron chi connectivity index (χ4n) is 4.63. The van der Waals surface area contributed by atoms with Gasteiger partial charge in [0.15, 0.2) is 0 Å². The van der Waals surface area contributed by atoms with Crippen molar-refractivity contribution in [2.45, 2.75) is 65.6 Å². The van der Waals surface area contributed by atoms with E-state index in [1.165, 1.54) is 19.3 Å². The Morgan fingerprint density at radius 2 is 1.72 bits per heavy atom. The molecule has 8 unspecified atom stereocenters. The van der Waals surface area contributed by atoms with E-state index in [1.54, 1.807) is 0 Å². The summed E-state index contributed by atoms with van der Waals surface area (Å²) in [6.45, 7) is 8.99. The highest BCUT2D eigenvalue weighted by atomic mass is 16.3. The molecule has 0 bridgehead atoms. The molecule has 0 spiro atoms. The van der Waals surface area contributed by atoms with Crippen LogP contribution in [0.3, 0.4) is 0 Å². The number of aliphatic hydroxyl groups is 2. The van der Waals surface area contributed by atoms with Gasteiger partial charge in [0.05, 0.1) is 12.2 Å². The maximum atomic E-state index is 10.4. The average molecular weight is 254 g/mol. The summed E-state index contributed by atoms with van der Waals surface area (Å²) in [6, 6.07) is 0. The van der Waals surface area contributed by atoms with E-state index in [1.807, 2.05) is 0 Å². The van der Waals surface area contributed by atoms with Crippen molar-refractivity contribution in [1.82, 2.24) is 0 Å². The molecule has 8 atom stereocenters. The summed E-state index contributed by atoms with van der Waals surface area (Å²) in [4.78, 5) is 0. The molecule has 0 radical (unpaired) electrons. The van der Waals surface area contributed by atoms with Crippen LogP contribution in [0, 0.1) is 35.5 Å². The van der Waals surface area contributed by atoms with Crippen molar-refractivity contribution in [2.24, 2.45) is 35.5 Å². The summed E-state index contributed by atoms with van der Waals surface area (Å²) in [5, 5.41) is 20.6. The zero-order chi connectivity index (χ0) is 13.4. The van der Waals surface area contributed by atoms with Crippen molar-refractivity contribution in [3.05, 3.63) is 0 Å². The van der Waals surface area contributed by atoms with Crippen molar-refractivity contribution >= 4 is 0 Å². The van der Waals surface area contributed by atoms with Crippen LogP contribution >= 0.6 is 0 Å². The maximum absolute atomic E-state index is 10.4. The van der Waals surface area contributed by atoms with Gasteiger partial charge in [-0.15, -0.1) is 0 Å². The molecule has 2 nitrogen and oxygen atoms in total. The largest absolute Gasteiger partial charge is 0.390 e. The molecule has 0 aromatic heterocycles. The second-order valence-corrected chi connectivity index (χ2v) is 7.04. The first-order valence-electron chi connectivity index (χ1n) is 7.83. The highest BCUT2D eigenvalue weighted by Crippen LogP contribution is 2.50. The van der Waals surface area contributed by atoms with Crippen LogP contribution in [0.4, 0.5) is 0 Å². The van der Waals surface area contributed by atoms with Gasteiger partial charge in [-0.2, -0.15) is 0 Å². The van der Waals surface area contributed by atoms with Gasteiger partial charge < -0.3 is 10.2 Å². The van der Waals surface area contributed by atoms with E-state index in [-0.39, 0.29) is 5.92 Å². The number of fused-ring (bicyclic) bond motifs is 1. The predicted molar refractivity (Wildman–Crippen MR) is 74.1 cm³/mol. The summed E-state index contributed by atoms with van der Waals surface area (Å²) in [5.74, 6) is 3.26. The third kappa shape index (κ3) is 2.34. The molecular formula is C16H30O2. The van der Waals surface area contributed by atoms with Gasteiger partial charge >= 0.3 is 0 Å². The average Bonchev–Trinajstić information content (AvgIpc) is 2.35. The standard InChI is InChI=1S/C16H30O2/c1-5-9(2)12-7-6-10(3)14-13(12)8-11(4)15(17)16(14)18/h9-18H,5-8H2,1-4H3. The minimum absolute atomic E-state index is 0.248. The van der Waals surface area contributed by atoms with Crippen LogP contribution < -0.4 is 0 Å². The Labute approximate surface area is 112 Å². The van der Waals surface area contributed by atoms with Crippen LogP contribution in [0.2, 0.25) is 0 Å². The van der Waals surface area contributed by atoms with Crippen LogP contribution in [0.25, 0.3) is 0 Å². The summed E-state index contributed by atoms with van der Waals surface area (Å²) in [6.07, 6.45) is 3.85. The SMILES string of the molecule is CCC(C)C1CCC(C)C2C(O)C(O)C(C)CC12. The molecule has 2 aliphatic carbocycles. The second kappa shape index (κ2) is 5.50. The monoisotopic (exact) mass is 254 g/mol. The highest BCUT2D eigenvalue weighted by molar-refractivity contribution is 4.98. The van der Waals surface area contributed by atoms with E-state index in [0.717, 1.165) is 18.3 Å². The van der Waals surface area contributed by atoms with E-state index >= 15 is 0 Å². The van der Waals surface area contributed by atoms with E-state index in [0.29, 0.717) is 17.8 Å². The lowest BCUT2D eigenvalue weighted by Gasteiger charge is -2.52. The molecule has 18 heavy (non-hydrogen) atoms. The van der Waals surface area contributed by atoms with Crippen LogP contribution in [-0.4, -0.2) is 22.4 Å². The quantitative estimate of drug-likeness (QED) is 0.795. The van der Waals surface area contributed by atoms with Gasteiger partial charge in [0.25, 0.3) is 0 Å². The van der Waals surface area contributed by atoms with Crippen LogP contribution in [0.1, 0.15) is 53.4 Å². The second-order valence-electron chi connectivity index (χ2n) is 7.04. The Balaban J connectivity index is 2.21. The van der Waals surface area contributed by atoms with Crippen molar-refractivity contribution in [1.29, 1.82) is 0 Å². The Bertz CT molecular complexity index is 278. The van der Waals surface area contributed by atoms with Gasteiger partial charge in [-0.3, -0.25) is 0 Å². The van der Waals surface area contributed by atoms with Gasteiger partial charge in [0, 0.05) is 0 Å². The minimum Gasteiger partial charge on any atom is -0.390 e. The van der Waals surface area contributed by atoms with E-state index < -0.39 is 12.2 Å². The van der Waals surface area contributed by atoms with E-state index in [9.17, 15) is 10.2 Å². The number of hydrogen-bond acceptors (Lipinski definition) is 2. The number of rotatable bonds is 2. The molecule has 0 aromatic carbocycles.